The summed E-state index contributed by atoms with van der Waals surface area (Å²) < 4.78 is 43.7. The van der Waals surface area contributed by atoms with Crippen LogP contribution < -0.4 is 5.56 Å². The molecule has 2 unspecified atom stereocenters. The molecule has 2 aromatic heterocycles. The van der Waals surface area contributed by atoms with Gasteiger partial charge in [0.05, 0.1) is 22.3 Å². The van der Waals surface area contributed by atoms with E-state index in [0.29, 0.717) is 47.1 Å². The van der Waals surface area contributed by atoms with Gasteiger partial charge in [-0.25, -0.2) is 12.8 Å². The largest absolute Gasteiger partial charge is 0.322 e. The van der Waals surface area contributed by atoms with Crippen molar-refractivity contribution in [1.29, 1.82) is 0 Å². The number of sulfonamides is 1. The first-order valence-corrected chi connectivity index (χ1v) is 13.1. The summed E-state index contributed by atoms with van der Waals surface area (Å²) in [6.45, 7) is 6.00. The molecule has 2 saturated heterocycles. The highest BCUT2D eigenvalue weighted by Gasteiger charge is 2.48. The molecule has 0 aliphatic carbocycles. The predicted molar refractivity (Wildman–Crippen MR) is 126 cm³/mol. The van der Waals surface area contributed by atoms with Crippen molar-refractivity contribution < 1.29 is 12.8 Å². The first-order valence-electron chi connectivity index (χ1n) is 11.6. The topological polar surface area (TPSA) is 88.1 Å². The Bertz CT molecular complexity index is 1360. The average molecular weight is 473 g/mol. The fourth-order valence-electron chi connectivity index (χ4n) is 5.56. The molecule has 3 aromatic rings. The molecule has 2 bridgehead atoms. The van der Waals surface area contributed by atoms with Crippen LogP contribution in [0.15, 0.2) is 35.3 Å². The number of hydrogen-bond donors (Lipinski definition) is 1. The highest BCUT2D eigenvalue weighted by molar-refractivity contribution is 7.89. The third-order valence-corrected chi connectivity index (χ3v) is 9.63. The number of fused-ring (bicyclic) bond motifs is 3. The van der Waals surface area contributed by atoms with Gasteiger partial charge in [0.15, 0.2) is 0 Å². The lowest BCUT2D eigenvalue weighted by atomic mass is 9.86. The maximum atomic E-state index is 14.6. The average Bonchev–Trinajstić information content (AvgIpc) is 3.32. The van der Waals surface area contributed by atoms with Crippen molar-refractivity contribution in [2.75, 3.05) is 0 Å². The number of aromatic amines is 1. The first-order chi connectivity index (χ1) is 15.7. The molecule has 2 aliphatic heterocycles. The van der Waals surface area contributed by atoms with E-state index in [9.17, 15) is 17.6 Å². The van der Waals surface area contributed by atoms with Gasteiger partial charge in [0.1, 0.15) is 5.82 Å². The Kier molecular flexibility index (Phi) is 5.44. The van der Waals surface area contributed by atoms with Crippen molar-refractivity contribution in [3.8, 4) is 11.3 Å². The number of benzene rings is 1. The molecule has 33 heavy (non-hydrogen) atoms. The van der Waals surface area contributed by atoms with E-state index in [1.54, 1.807) is 22.8 Å². The summed E-state index contributed by atoms with van der Waals surface area (Å²) in [7, 11) is -3.31. The minimum atomic E-state index is -3.31. The number of halogens is 1. The van der Waals surface area contributed by atoms with Crippen LogP contribution in [0.5, 0.6) is 0 Å². The molecule has 4 heterocycles. The van der Waals surface area contributed by atoms with Crippen molar-refractivity contribution >= 4 is 20.9 Å². The maximum Gasteiger partial charge on any atom is 0.251 e. The molecule has 176 valence electrons. The Morgan fingerprint density at radius 2 is 1.88 bits per heavy atom. The van der Waals surface area contributed by atoms with E-state index in [1.807, 2.05) is 25.1 Å². The van der Waals surface area contributed by atoms with Gasteiger partial charge >= 0.3 is 0 Å². The zero-order valence-corrected chi connectivity index (χ0v) is 19.9. The predicted octanol–water partition coefficient (Wildman–Crippen LogP) is 4.00. The van der Waals surface area contributed by atoms with E-state index in [1.165, 1.54) is 12.3 Å². The fraction of sp³-hybridized carbons (Fsp3) is 0.500. The van der Waals surface area contributed by atoms with E-state index < -0.39 is 15.3 Å². The molecule has 5 rings (SSSR count). The van der Waals surface area contributed by atoms with Crippen LogP contribution in [-0.2, 0) is 16.6 Å². The number of nitrogens with zero attached hydrogens (tertiary/aromatic N) is 3. The lowest BCUT2D eigenvalue weighted by molar-refractivity contribution is 0.224. The molecule has 7 nitrogen and oxygen atoms in total. The molecular formula is C24H29FN4O3S. The van der Waals surface area contributed by atoms with Crippen molar-refractivity contribution in [1.82, 2.24) is 19.1 Å². The van der Waals surface area contributed by atoms with E-state index in [2.05, 4.69) is 10.1 Å². The first kappa shape index (κ1) is 22.3. The van der Waals surface area contributed by atoms with Crippen molar-refractivity contribution in [3.63, 3.8) is 0 Å². The molecule has 1 N–H and O–H groups in total. The summed E-state index contributed by atoms with van der Waals surface area (Å²) >= 11 is 0. The van der Waals surface area contributed by atoms with Crippen LogP contribution in [0.2, 0.25) is 0 Å². The van der Waals surface area contributed by atoms with E-state index >= 15 is 0 Å². The maximum absolute atomic E-state index is 14.6. The summed E-state index contributed by atoms with van der Waals surface area (Å²) in [5.41, 5.74) is 2.32. The van der Waals surface area contributed by atoms with Gasteiger partial charge in [-0.2, -0.15) is 9.40 Å². The second-order valence-corrected chi connectivity index (χ2v) is 11.9. The van der Waals surface area contributed by atoms with Gasteiger partial charge in [-0.15, -0.1) is 0 Å². The van der Waals surface area contributed by atoms with Crippen molar-refractivity contribution in [2.24, 2.45) is 0 Å². The molecule has 1 aromatic carbocycles. The van der Waals surface area contributed by atoms with E-state index in [0.717, 1.165) is 12.8 Å². The van der Waals surface area contributed by atoms with Crippen LogP contribution in [0.25, 0.3) is 22.2 Å². The van der Waals surface area contributed by atoms with Gasteiger partial charge in [0, 0.05) is 35.4 Å². The van der Waals surface area contributed by atoms with E-state index in [-0.39, 0.29) is 29.4 Å². The second-order valence-electron chi connectivity index (χ2n) is 9.48. The summed E-state index contributed by atoms with van der Waals surface area (Å²) in [6.07, 6.45) is 4.51. The van der Waals surface area contributed by atoms with Crippen LogP contribution in [0, 0.1) is 5.82 Å². The standard InChI is InChI=1S/C24H29FN4O3S/c1-4-28-23-12-16(11-21(25)20(23)13-26-28)22-8-7-19(24(30)27-22)15-9-17-5-6-18(10-15)29(17)33(31,32)14(2)3/h7-8,11-15,17-18H,4-6,9-10H2,1-3H3,(H,27,30). The molecule has 9 heteroatoms. The van der Waals surface area contributed by atoms with Gasteiger partial charge in [0.2, 0.25) is 10.0 Å². The molecule has 2 aliphatic rings. The quantitative estimate of drug-likeness (QED) is 0.608. The number of aryl methyl sites for hydroxylation is 1. The summed E-state index contributed by atoms with van der Waals surface area (Å²) in [5, 5.41) is 4.23. The van der Waals surface area contributed by atoms with E-state index in [4.69, 9.17) is 0 Å². The summed E-state index contributed by atoms with van der Waals surface area (Å²) in [5.74, 6) is -0.359. The summed E-state index contributed by atoms with van der Waals surface area (Å²) in [6, 6.07) is 6.81. The van der Waals surface area contributed by atoms with Gasteiger partial charge in [0.25, 0.3) is 5.56 Å². The molecular weight excluding hydrogens is 443 g/mol. The zero-order chi connectivity index (χ0) is 23.5. The van der Waals surface area contributed by atoms with Crippen LogP contribution in [0.4, 0.5) is 4.39 Å². The lowest BCUT2D eigenvalue weighted by Crippen LogP contribution is -2.48. The fourth-order valence-corrected chi connectivity index (χ4v) is 7.26. The molecule has 0 amide bonds. The Morgan fingerprint density at radius 3 is 2.48 bits per heavy atom. The van der Waals surface area contributed by atoms with Gasteiger partial charge in [-0.3, -0.25) is 9.48 Å². The van der Waals surface area contributed by atoms with Crippen LogP contribution >= 0.6 is 0 Å². The minimum absolute atomic E-state index is 0.0136. The highest BCUT2D eigenvalue weighted by atomic mass is 32.2. The van der Waals surface area contributed by atoms with Crippen LogP contribution in [0.3, 0.4) is 0 Å². The van der Waals surface area contributed by atoms with Crippen molar-refractivity contribution in [2.45, 2.75) is 76.3 Å². The Hall–Kier alpha value is -2.52. The number of nitrogens with one attached hydrogen (secondary N) is 1. The monoisotopic (exact) mass is 472 g/mol. The molecule has 0 spiro atoms. The van der Waals surface area contributed by atoms with Crippen molar-refractivity contribution in [3.05, 3.63) is 52.2 Å². The van der Waals surface area contributed by atoms with Gasteiger partial charge in [-0.1, -0.05) is 6.07 Å². The number of H-pyrrole nitrogens is 1. The number of pyridine rings is 1. The Morgan fingerprint density at radius 1 is 1.18 bits per heavy atom. The zero-order valence-electron chi connectivity index (χ0n) is 19.1. The number of hydrogen-bond acceptors (Lipinski definition) is 4. The minimum Gasteiger partial charge on any atom is -0.322 e. The molecule has 2 atom stereocenters. The lowest BCUT2D eigenvalue weighted by Gasteiger charge is -2.38. The SMILES string of the molecule is CCn1ncc2c(F)cc(-c3ccc(C4CC5CCC(C4)N5S(=O)(=O)C(C)C)c(=O)[nH]3)cc21. The second kappa shape index (κ2) is 8.06. The van der Waals surface area contributed by atoms with Gasteiger partial charge in [-0.05, 0) is 70.6 Å². The summed E-state index contributed by atoms with van der Waals surface area (Å²) in [4.78, 5) is 16.0. The van der Waals surface area contributed by atoms with Crippen LogP contribution in [0.1, 0.15) is 57.9 Å². The highest BCUT2D eigenvalue weighted by Crippen LogP contribution is 2.44. The smallest absolute Gasteiger partial charge is 0.251 e. The third kappa shape index (κ3) is 3.61. The molecule has 0 radical (unpaired) electrons. The molecule has 0 saturated carbocycles. The number of piperidine rings is 1. The number of aromatic nitrogens is 3. The van der Waals surface area contributed by atoms with Gasteiger partial charge < -0.3 is 4.98 Å². The Labute approximate surface area is 192 Å². The number of rotatable bonds is 5. The Balaban J connectivity index is 1.44. The molecule has 2 fully saturated rings. The third-order valence-electron chi connectivity index (χ3n) is 7.26. The normalized spacial score (nSPS) is 23.6. The van der Waals surface area contributed by atoms with Crippen LogP contribution in [-0.4, -0.2) is 44.8 Å².